The van der Waals surface area contributed by atoms with Crippen molar-refractivity contribution in [3.8, 4) is 5.75 Å². The fourth-order valence-corrected chi connectivity index (χ4v) is 5.58. The largest absolute Gasteiger partial charge is 0.497 e. The SMILES string of the molecule is COc1cccc(C(=O)NC2C(O)[C@@H](COP(=O)(O)O)O[C@H]2n2cnc3c(NCc4cccc5ccccc45)ncnc32)c1. The molecule has 0 spiro atoms. The third-order valence-electron chi connectivity index (χ3n) is 7.37. The minimum absolute atomic E-state index is 0.267. The number of hydrogen-bond donors (Lipinski definition) is 5. The summed E-state index contributed by atoms with van der Waals surface area (Å²) in [5.74, 6) is 0.388. The van der Waals surface area contributed by atoms with Gasteiger partial charge in [-0.1, -0.05) is 48.5 Å². The summed E-state index contributed by atoms with van der Waals surface area (Å²) in [5, 5.41) is 19.5. The Balaban J connectivity index is 1.29. The Labute approximate surface area is 250 Å². The number of amides is 1. The summed E-state index contributed by atoms with van der Waals surface area (Å²) in [5.41, 5.74) is 2.08. The van der Waals surface area contributed by atoms with E-state index in [1.807, 2.05) is 42.5 Å². The predicted molar refractivity (Wildman–Crippen MR) is 159 cm³/mol. The van der Waals surface area contributed by atoms with Crippen molar-refractivity contribution in [1.29, 1.82) is 0 Å². The van der Waals surface area contributed by atoms with E-state index in [4.69, 9.17) is 9.47 Å². The molecule has 3 aromatic carbocycles. The van der Waals surface area contributed by atoms with Crippen LogP contribution in [0.4, 0.5) is 5.82 Å². The van der Waals surface area contributed by atoms with Gasteiger partial charge in [-0.3, -0.25) is 13.9 Å². The Morgan fingerprint density at radius 2 is 1.86 bits per heavy atom. The summed E-state index contributed by atoms with van der Waals surface area (Å²) in [4.78, 5) is 44.9. The number of ether oxygens (including phenoxy) is 2. The number of nitrogens with one attached hydrogen (secondary N) is 2. The fraction of sp³-hybridized carbons (Fsp3) is 0.241. The molecule has 0 saturated carbocycles. The molecule has 1 aliphatic heterocycles. The van der Waals surface area contributed by atoms with Crippen molar-refractivity contribution in [3.05, 3.63) is 90.5 Å². The van der Waals surface area contributed by atoms with Crippen LogP contribution in [0, 0.1) is 0 Å². The highest BCUT2D eigenvalue weighted by Gasteiger charge is 2.47. The van der Waals surface area contributed by atoms with Gasteiger partial charge in [0.05, 0.1) is 20.0 Å². The van der Waals surface area contributed by atoms with Crippen molar-refractivity contribution in [2.24, 2.45) is 0 Å². The Morgan fingerprint density at radius 3 is 2.68 bits per heavy atom. The second-order valence-corrected chi connectivity index (χ2v) is 11.4. The van der Waals surface area contributed by atoms with E-state index in [0.29, 0.717) is 29.3 Å². The number of phosphoric ester groups is 1. The molecule has 1 aliphatic rings. The molecule has 15 heteroatoms. The maximum absolute atomic E-state index is 13.2. The number of aromatic nitrogens is 4. The van der Waals surface area contributed by atoms with E-state index in [1.54, 1.807) is 18.2 Å². The van der Waals surface area contributed by atoms with Crippen molar-refractivity contribution in [2.45, 2.75) is 31.0 Å². The maximum Gasteiger partial charge on any atom is 0.469 e. The summed E-state index contributed by atoms with van der Waals surface area (Å²) in [6, 6.07) is 19.5. The molecule has 1 fully saturated rings. The normalized spacial score (nSPS) is 20.2. The number of anilines is 1. The van der Waals surface area contributed by atoms with E-state index in [-0.39, 0.29) is 5.56 Å². The zero-order valence-corrected chi connectivity index (χ0v) is 24.2. The highest BCUT2D eigenvalue weighted by Crippen LogP contribution is 2.39. The third-order valence-corrected chi connectivity index (χ3v) is 7.85. The monoisotopic (exact) mass is 620 g/mol. The van der Waals surface area contributed by atoms with Gasteiger partial charge in [0.15, 0.2) is 23.2 Å². The number of carbonyl (C=O) groups is 1. The number of aliphatic hydroxyl groups is 1. The number of aliphatic hydroxyl groups excluding tert-OH is 1. The summed E-state index contributed by atoms with van der Waals surface area (Å²) >= 11 is 0. The Hall–Kier alpha value is -4.43. The van der Waals surface area contributed by atoms with Crippen LogP contribution in [0.25, 0.3) is 21.9 Å². The molecule has 6 rings (SSSR count). The molecule has 5 N–H and O–H groups in total. The van der Waals surface area contributed by atoms with Crippen LogP contribution in [0.3, 0.4) is 0 Å². The van der Waals surface area contributed by atoms with Crippen LogP contribution >= 0.6 is 7.82 Å². The molecule has 0 bridgehead atoms. The molecule has 1 amide bonds. The van der Waals surface area contributed by atoms with E-state index in [1.165, 1.54) is 30.4 Å². The van der Waals surface area contributed by atoms with Crippen LogP contribution < -0.4 is 15.4 Å². The Kier molecular flexibility index (Phi) is 8.27. The standard InChI is InChI=1S/C29H29N6O8P/c1-41-20-10-5-8-18(12-20)28(37)34-23-25(36)22(14-42-44(38,39)40)43-29(23)35-16-33-24-26(31-15-32-27(24)35)30-13-19-9-4-7-17-6-2-3-11-21(17)19/h2-12,15-16,22-23,25,29,36H,13-14H2,1H3,(H,34,37)(H,30,31,32)(H2,38,39,40)/t22-,23?,25?,29-/m1/s1. The van der Waals surface area contributed by atoms with Crippen LogP contribution in [-0.2, 0) is 20.4 Å². The average molecular weight is 621 g/mol. The van der Waals surface area contributed by atoms with Gasteiger partial charge in [0.2, 0.25) is 0 Å². The number of methoxy groups -OCH3 is 1. The molecule has 3 heterocycles. The molecule has 0 radical (unpaired) electrons. The number of nitrogens with zero attached hydrogens (tertiary/aromatic N) is 4. The van der Waals surface area contributed by atoms with Gasteiger partial charge in [0.1, 0.15) is 30.3 Å². The number of hydrogen-bond acceptors (Lipinski definition) is 10. The summed E-state index contributed by atoms with van der Waals surface area (Å²) in [6.07, 6.45) is -0.890. The first-order chi connectivity index (χ1) is 21.2. The van der Waals surface area contributed by atoms with E-state index in [9.17, 15) is 24.3 Å². The lowest BCUT2D eigenvalue weighted by Gasteiger charge is -2.23. The molecule has 2 unspecified atom stereocenters. The van der Waals surface area contributed by atoms with Crippen molar-refractivity contribution >= 4 is 41.5 Å². The zero-order chi connectivity index (χ0) is 30.8. The fourth-order valence-electron chi connectivity index (χ4n) is 5.24. The molecule has 44 heavy (non-hydrogen) atoms. The van der Waals surface area contributed by atoms with Gasteiger partial charge in [-0.15, -0.1) is 0 Å². The first-order valence-corrected chi connectivity index (χ1v) is 15.1. The second kappa shape index (κ2) is 12.3. The maximum atomic E-state index is 13.2. The van der Waals surface area contributed by atoms with Crippen molar-refractivity contribution in [2.75, 3.05) is 19.0 Å². The first-order valence-electron chi connectivity index (χ1n) is 13.6. The van der Waals surface area contributed by atoms with Crippen LogP contribution in [0.1, 0.15) is 22.1 Å². The molecule has 2 aromatic heterocycles. The smallest absolute Gasteiger partial charge is 0.469 e. The molecule has 14 nitrogen and oxygen atoms in total. The molecule has 5 aromatic rings. The van der Waals surface area contributed by atoms with Gasteiger partial charge < -0.3 is 35.0 Å². The van der Waals surface area contributed by atoms with Gasteiger partial charge in [-0.25, -0.2) is 19.5 Å². The highest BCUT2D eigenvalue weighted by atomic mass is 31.2. The van der Waals surface area contributed by atoms with Crippen molar-refractivity contribution < 1.29 is 38.3 Å². The minimum Gasteiger partial charge on any atom is -0.497 e. The van der Waals surface area contributed by atoms with Gasteiger partial charge in [0, 0.05) is 12.1 Å². The third kappa shape index (κ3) is 6.13. The number of phosphoric acid groups is 1. The van der Waals surface area contributed by atoms with Gasteiger partial charge in [-0.05, 0) is 34.5 Å². The molecule has 228 valence electrons. The van der Waals surface area contributed by atoms with Crippen LogP contribution in [0.5, 0.6) is 5.75 Å². The Morgan fingerprint density at radius 1 is 1.07 bits per heavy atom. The number of imidazole rings is 1. The van der Waals surface area contributed by atoms with Crippen LogP contribution in [0.2, 0.25) is 0 Å². The molecule has 4 atom stereocenters. The first kappa shape index (κ1) is 29.6. The molecule has 0 aliphatic carbocycles. The molecule has 1 saturated heterocycles. The van der Waals surface area contributed by atoms with Crippen molar-refractivity contribution in [3.63, 3.8) is 0 Å². The minimum atomic E-state index is -4.86. The quantitative estimate of drug-likeness (QED) is 0.144. The lowest BCUT2D eigenvalue weighted by Crippen LogP contribution is -2.46. The number of carbonyl (C=O) groups excluding carboxylic acids is 1. The zero-order valence-electron chi connectivity index (χ0n) is 23.3. The van der Waals surface area contributed by atoms with Crippen LogP contribution in [-0.4, -0.2) is 72.3 Å². The number of benzene rings is 3. The lowest BCUT2D eigenvalue weighted by atomic mass is 10.0. The number of fused-ring (bicyclic) bond motifs is 2. The summed E-state index contributed by atoms with van der Waals surface area (Å²) in [6.45, 7) is -0.174. The topological polar surface area (TPSA) is 190 Å². The van der Waals surface area contributed by atoms with Crippen molar-refractivity contribution in [1.82, 2.24) is 24.8 Å². The Bertz CT molecular complexity index is 1860. The lowest BCUT2D eigenvalue weighted by molar-refractivity contribution is -0.0432. The highest BCUT2D eigenvalue weighted by molar-refractivity contribution is 7.46. The molecular weight excluding hydrogens is 591 g/mol. The van der Waals surface area contributed by atoms with E-state index < -0.39 is 44.8 Å². The second-order valence-electron chi connectivity index (χ2n) is 10.1. The van der Waals surface area contributed by atoms with E-state index in [0.717, 1.165) is 16.3 Å². The summed E-state index contributed by atoms with van der Waals surface area (Å²) in [7, 11) is -3.39. The summed E-state index contributed by atoms with van der Waals surface area (Å²) < 4.78 is 28.7. The van der Waals surface area contributed by atoms with Gasteiger partial charge in [-0.2, -0.15) is 0 Å². The van der Waals surface area contributed by atoms with E-state index in [2.05, 4.69) is 30.1 Å². The number of rotatable bonds is 10. The van der Waals surface area contributed by atoms with E-state index >= 15 is 0 Å². The van der Waals surface area contributed by atoms with Gasteiger partial charge in [0.25, 0.3) is 5.91 Å². The predicted octanol–water partition coefficient (Wildman–Crippen LogP) is 2.77. The average Bonchev–Trinajstić information content (AvgIpc) is 3.59. The van der Waals surface area contributed by atoms with Gasteiger partial charge >= 0.3 is 7.82 Å². The van der Waals surface area contributed by atoms with Crippen LogP contribution in [0.15, 0.2) is 79.4 Å². The molecular formula is C29H29N6O8P.